The number of carbonyl (C=O) groups excluding carboxylic acids is 4. The highest BCUT2D eigenvalue weighted by Gasteiger charge is 2.50. The Balaban J connectivity index is 1.38. The minimum atomic E-state index is -2.31. The highest BCUT2D eigenvalue weighted by atomic mass is 16.7. The standard InChI is InChI=1S/C39H42O13/c1-4-5-14-28(41)50-19-27(40)39(47)16-23-31(38(46)33-32(36(23)44)35(43)22-12-9-13-24(48-3)30(22)37(33)45)26(17-39)52-29-15-25(34(42)20(2)51-29)49-18-21-10-7-6-8-11-21/h6-13,20,25-26,29,34,42,44,46-47H,4-5,14-19H2,1-3H3/t20-,25-,26-,29-,34+,39-/m0/s1. The van der Waals surface area contributed by atoms with E-state index in [0.29, 0.717) is 6.42 Å². The fourth-order valence-corrected chi connectivity index (χ4v) is 7.14. The van der Waals surface area contributed by atoms with Gasteiger partial charge in [-0.25, -0.2) is 0 Å². The predicted molar refractivity (Wildman–Crippen MR) is 182 cm³/mol. The third-order valence-corrected chi connectivity index (χ3v) is 9.97. The maximum Gasteiger partial charge on any atom is 0.306 e. The van der Waals surface area contributed by atoms with Crippen LogP contribution in [0.4, 0.5) is 0 Å². The number of aromatic hydroxyl groups is 2. The number of phenols is 2. The van der Waals surface area contributed by atoms with Crippen molar-refractivity contribution >= 4 is 23.3 Å². The summed E-state index contributed by atoms with van der Waals surface area (Å²) in [5, 5.41) is 46.4. The molecule has 2 aliphatic carbocycles. The lowest BCUT2D eigenvalue weighted by Gasteiger charge is -2.42. The number of aliphatic hydroxyl groups excluding tert-OH is 1. The largest absolute Gasteiger partial charge is 0.507 e. The molecule has 3 aromatic rings. The number of ketones is 3. The van der Waals surface area contributed by atoms with Crippen molar-refractivity contribution in [2.24, 2.45) is 0 Å². The van der Waals surface area contributed by atoms with Crippen LogP contribution in [0.15, 0.2) is 48.5 Å². The smallest absolute Gasteiger partial charge is 0.306 e. The van der Waals surface area contributed by atoms with E-state index in [2.05, 4.69) is 0 Å². The van der Waals surface area contributed by atoms with Crippen molar-refractivity contribution in [3.05, 3.63) is 87.5 Å². The molecule has 4 N–H and O–H groups in total. The first-order valence-corrected chi connectivity index (χ1v) is 17.3. The topological polar surface area (TPSA) is 195 Å². The van der Waals surface area contributed by atoms with E-state index in [9.17, 15) is 39.6 Å². The molecule has 276 valence electrons. The molecule has 6 rings (SSSR count). The van der Waals surface area contributed by atoms with Crippen LogP contribution in [0, 0.1) is 0 Å². The Labute approximate surface area is 300 Å². The second-order valence-electron chi connectivity index (χ2n) is 13.4. The van der Waals surface area contributed by atoms with Gasteiger partial charge >= 0.3 is 5.97 Å². The molecule has 1 fully saturated rings. The maximum atomic E-state index is 14.0. The van der Waals surface area contributed by atoms with Gasteiger partial charge in [-0.1, -0.05) is 55.8 Å². The molecule has 6 atom stereocenters. The number of esters is 1. The summed E-state index contributed by atoms with van der Waals surface area (Å²) in [6.45, 7) is 2.92. The summed E-state index contributed by atoms with van der Waals surface area (Å²) in [4.78, 5) is 53.7. The summed E-state index contributed by atoms with van der Waals surface area (Å²) >= 11 is 0. The number of aliphatic hydroxyl groups is 2. The third-order valence-electron chi connectivity index (χ3n) is 9.97. The van der Waals surface area contributed by atoms with Crippen LogP contribution >= 0.6 is 0 Å². The maximum absolute atomic E-state index is 14.0. The van der Waals surface area contributed by atoms with Crippen LogP contribution in [0.2, 0.25) is 0 Å². The molecule has 1 heterocycles. The molecule has 1 saturated heterocycles. The Morgan fingerprint density at radius 2 is 1.71 bits per heavy atom. The molecule has 0 aromatic heterocycles. The quantitative estimate of drug-likeness (QED) is 0.121. The summed E-state index contributed by atoms with van der Waals surface area (Å²) in [7, 11) is 1.33. The number of unbranched alkanes of at least 4 members (excludes halogenated alkanes) is 1. The molecule has 0 unspecified atom stereocenters. The van der Waals surface area contributed by atoms with Gasteiger partial charge in [0.2, 0.25) is 11.6 Å². The molecule has 0 spiro atoms. The first-order chi connectivity index (χ1) is 24.9. The van der Waals surface area contributed by atoms with Crippen molar-refractivity contribution in [1.29, 1.82) is 0 Å². The summed E-state index contributed by atoms with van der Waals surface area (Å²) < 4.78 is 28.9. The molecule has 0 amide bonds. The van der Waals surface area contributed by atoms with Gasteiger partial charge in [-0.15, -0.1) is 0 Å². The number of hydrogen-bond donors (Lipinski definition) is 4. The summed E-state index contributed by atoms with van der Waals surface area (Å²) in [6.07, 6.45) is -4.90. The average molecular weight is 719 g/mol. The first kappa shape index (κ1) is 37.1. The predicted octanol–water partition coefficient (Wildman–Crippen LogP) is 4.00. The number of benzene rings is 3. The minimum absolute atomic E-state index is 0.00867. The lowest BCUT2D eigenvalue weighted by molar-refractivity contribution is -0.273. The number of carbonyl (C=O) groups is 4. The number of phenolic OH excluding ortho intramolecular Hbond substituents is 2. The second kappa shape index (κ2) is 15.1. The Kier molecular flexibility index (Phi) is 10.8. The zero-order valence-corrected chi connectivity index (χ0v) is 29.1. The number of ether oxygens (including phenoxy) is 5. The van der Waals surface area contributed by atoms with Crippen LogP contribution < -0.4 is 4.74 Å². The molecule has 3 aliphatic rings. The zero-order valence-electron chi connectivity index (χ0n) is 29.1. The van der Waals surface area contributed by atoms with Crippen LogP contribution in [0.1, 0.15) is 101 Å². The van der Waals surface area contributed by atoms with Crippen molar-refractivity contribution in [2.45, 2.75) is 95.3 Å². The van der Waals surface area contributed by atoms with Crippen molar-refractivity contribution in [1.82, 2.24) is 0 Å². The SMILES string of the molecule is CCCCC(=O)OCC(=O)[C@]1(O)Cc2c(O)c3c(c(O)c2[C@@H](O[C@H]2C[C@H](OCc4ccccc4)[C@H](O)[C@H](C)O2)C1)C(=O)c1c(OC)cccc1C3=O. The van der Waals surface area contributed by atoms with Crippen molar-refractivity contribution in [3.63, 3.8) is 0 Å². The van der Waals surface area contributed by atoms with Gasteiger partial charge in [0, 0.05) is 42.4 Å². The summed E-state index contributed by atoms with van der Waals surface area (Å²) in [6, 6.07) is 13.7. The molecule has 0 saturated carbocycles. The van der Waals surface area contributed by atoms with Gasteiger partial charge in [-0.3, -0.25) is 19.2 Å². The number of fused-ring (bicyclic) bond motifs is 3. The lowest BCUT2D eigenvalue weighted by atomic mass is 9.72. The van der Waals surface area contributed by atoms with Gasteiger partial charge < -0.3 is 44.1 Å². The monoisotopic (exact) mass is 718 g/mol. The van der Waals surface area contributed by atoms with Crippen LogP contribution in [-0.2, 0) is 41.6 Å². The molecule has 13 heteroatoms. The Morgan fingerprint density at radius 3 is 2.42 bits per heavy atom. The number of Topliss-reactive ketones (excluding diaryl/α,β-unsaturated/α-hetero) is 1. The molecule has 0 bridgehead atoms. The van der Waals surface area contributed by atoms with E-state index in [4.69, 9.17) is 23.7 Å². The molecule has 3 aromatic carbocycles. The van der Waals surface area contributed by atoms with E-state index < -0.39 is 102 Å². The molecule has 1 aliphatic heterocycles. The van der Waals surface area contributed by atoms with Gasteiger partial charge in [0.05, 0.1) is 48.7 Å². The first-order valence-electron chi connectivity index (χ1n) is 17.3. The van der Waals surface area contributed by atoms with Gasteiger partial charge in [-0.2, -0.15) is 0 Å². The molecule has 52 heavy (non-hydrogen) atoms. The second-order valence-corrected chi connectivity index (χ2v) is 13.4. The highest BCUT2D eigenvalue weighted by Crippen LogP contribution is 2.52. The average Bonchev–Trinajstić information content (AvgIpc) is 3.14. The molecule has 13 nitrogen and oxygen atoms in total. The molecule has 0 radical (unpaired) electrons. The third kappa shape index (κ3) is 6.94. The van der Waals surface area contributed by atoms with Gasteiger partial charge in [0.25, 0.3) is 0 Å². The lowest BCUT2D eigenvalue weighted by Crippen LogP contribution is -2.51. The van der Waals surface area contributed by atoms with Crippen molar-refractivity contribution < 1.29 is 63.3 Å². The summed E-state index contributed by atoms with van der Waals surface area (Å²) in [5.41, 5.74) is -2.91. The van der Waals surface area contributed by atoms with E-state index in [0.717, 1.165) is 12.0 Å². The number of rotatable bonds is 12. The Bertz CT molecular complexity index is 1870. The van der Waals surface area contributed by atoms with Crippen LogP contribution in [-0.4, -0.2) is 87.7 Å². The normalized spacial score (nSPS) is 25.1. The van der Waals surface area contributed by atoms with E-state index >= 15 is 0 Å². The molecular formula is C39H42O13. The van der Waals surface area contributed by atoms with E-state index in [1.807, 2.05) is 37.3 Å². The summed E-state index contributed by atoms with van der Waals surface area (Å²) in [5.74, 6) is -4.39. The van der Waals surface area contributed by atoms with Crippen LogP contribution in [0.25, 0.3) is 0 Å². The Hall–Kier alpha value is -4.66. The number of methoxy groups -OCH3 is 1. The zero-order chi connectivity index (χ0) is 37.3. The van der Waals surface area contributed by atoms with Gasteiger partial charge in [0.1, 0.15) is 29.0 Å². The molecular weight excluding hydrogens is 676 g/mol. The van der Waals surface area contributed by atoms with Crippen LogP contribution in [0.5, 0.6) is 17.2 Å². The van der Waals surface area contributed by atoms with Crippen molar-refractivity contribution in [3.8, 4) is 17.2 Å². The highest BCUT2D eigenvalue weighted by molar-refractivity contribution is 6.31. The van der Waals surface area contributed by atoms with E-state index in [1.54, 1.807) is 6.92 Å². The van der Waals surface area contributed by atoms with Crippen LogP contribution in [0.3, 0.4) is 0 Å². The van der Waals surface area contributed by atoms with E-state index in [-0.39, 0.29) is 47.5 Å². The van der Waals surface area contributed by atoms with E-state index in [1.165, 1.54) is 25.3 Å². The fraction of sp³-hybridized carbons (Fsp3) is 0.436. The number of hydrogen-bond acceptors (Lipinski definition) is 13. The van der Waals surface area contributed by atoms with Gasteiger partial charge in [-0.05, 0) is 25.0 Å². The minimum Gasteiger partial charge on any atom is -0.507 e. The van der Waals surface area contributed by atoms with Gasteiger partial charge in [0.15, 0.2) is 18.7 Å². The Morgan fingerprint density at radius 1 is 0.981 bits per heavy atom. The fourth-order valence-electron chi connectivity index (χ4n) is 7.14. The van der Waals surface area contributed by atoms with Crippen molar-refractivity contribution in [2.75, 3.05) is 13.7 Å².